The molecular formula is C9H18N2O2. The molecule has 2 amide bonds. The van der Waals surface area contributed by atoms with Gasteiger partial charge < -0.3 is 15.3 Å². The minimum absolute atomic E-state index is 0.0426. The van der Waals surface area contributed by atoms with Crippen LogP contribution in [0.15, 0.2) is 0 Å². The first-order valence-corrected chi connectivity index (χ1v) is 4.80. The van der Waals surface area contributed by atoms with Crippen LogP contribution in [0.3, 0.4) is 0 Å². The van der Waals surface area contributed by atoms with E-state index >= 15 is 0 Å². The molecule has 2 N–H and O–H groups in total. The second-order valence-corrected chi connectivity index (χ2v) is 3.90. The Kier molecular flexibility index (Phi) is 3.54. The molecule has 4 heteroatoms. The van der Waals surface area contributed by atoms with Gasteiger partial charge >= 0.3 is 6.03 Å². The summed E-state index contributed by atoms with van der Waals surface area (Å²) in [4.78, 5) is 13.1. The number of aliphatic hydroxyl groups is 1. The Labute approximate surface area is 78.9 Å². The van der Waals surface area contributed by atoms with Crippen LogP contribution in [0.5, 0.6) is 0 Å². The van der Waals surface area contributed by atoms with Gasteiger partial charge in [-0.2, -0.15) is 0 Å². The number of hydrogen-bond donors (Lipinski definition) is 2. The molecule has 0 aromatic heterocycles. The lowest BCUT2D eigenvalue weighted by Gasteiger charge is -2.39. The van der Waals surface area contributed by atoms with Crippen LogP contribution in [0.1, 0.15) is 20.3 Å². The van der Waals surface area contributed by atoms with Crippen molar-refractivity contribution in [1.29, 1.82) is 0 Å². The molecule has 0 aromatic rings. The summed E-state index contributed by atoms with van der Waals surface area (Å²) < 4.78 is 0. The van der Waals surface area contributed by atoms with Crippen LogP contribution in [-0.2, 0) is 0 Å². The Hall–Kier alpha value is -0.770. The van der Waals surface area contributed by atoms with Gasteiger partial charge in [0.25, 0.3) is 0 Å². The molecule has 1 saturated heterocycles. The van der Waals surface area contributed by atoms with Crippen LogP contribution >= 0.6 is 0 Å². The lowest BCUT2D eigenvalue weighted by molar-refractivity contribution is 0.0699. The van der Waals surface area contributed by atoms with E-state index in [-0.39, 0.29) is 18.7 Å². The van der Waals surface area contributed by atoms with Gasteiger partial charge in [-0.15, -0.1) is 0 Å². The van der Waals surface area contributed by atoms with Crippen LogP contribution in [0.2, 0.25) is 0 Å². The fraction of sp³-hybridized carbons (Fsp3) is 0.889. The third kappa shape index (κ3) is 2.59. The van der Waals surface area contributed by atoms with E-state index in [1.807, 2.05) is 0 Å². The number of likely N-dealkylation sites (tertiary alicyclic amines) is 1. The van der Waals surface area contributed by atoms with Crippen molar-refractivity contribution in [3.63, 3.8) is 0 Å². The summed E-state index contributed by atoms with van der Waals surface area (Å²) in [5.74, 6) is 0.470. The first-order valence-electron chi connectivity index (χ1n) is 4.80. The molecule has 1 unspecified atom stereocenters. The number of rotatable bonds is 3. The maximum Gasteiger partial charge on any atom is 0.317 e. The van der Waals surface area contributed by atoms with Gasteiger partial charge in [-0.25, -0.2) is 4.79 Å². The standard InChI is InChI=1S/C9H18N2O2/c1-7(2)5-10-9(13)11-4-3-8(11)6-12/h7-8,12H,3-6H2,1-2H3,(H,10,13). The molecule has 1 fully saturated rings. The number of nitrogens with one attached hydrogen (secondary N) is 1. The summed E-state index contributed by atoms with van der Waals surface area (Å²) in [6.07, 6.45) is 0.922. The van der Waals surface area contributed by atoms with E-state index in [1.165, 1.54) is 0 Å². The third-order valence-electron chi connectivity index (χ3n) is 2.28. The van der Waals surface area contributed by atoms with Crippen molar-refractivity contribution in [1.82, 2.24) is 10.2 Å². The largest absolute Gasteiger partial charge is 0.394 e. The Morgan fingerprint density at radius 3 is 2.77 bits per heavy atom. The molecular weight excluding hydrogens is 168 g/mol. The Morgan fingerprint density at radius 2 is 2.38 bits per heavy atom. The van der Waals surface area contributed by atoms with Gasteiger partial charge in [-0.05, 0) is 12.3 Å². The highest BCUT2D eigenvalue weighted by Gasteiger charge is 2.31. The smallest absolute Gasteiger partial charge is 0.317 e. The zero-order valence-corrected chi connectivity index (χ0v) is 8.29. The van der Waals surface area contributed by atoms with Crippen molar-refractivity contribution < 1.29 is 9.90 Å². The van der Waals surface area contributed by atoms with Crippen molar-refractivity contribution >= 4 is 6.03 Å². The van der Waals surface area contributed by atoms with Gasteiger partial charge in [0.15, 0.2) is 0 Å². The third-order valence-corrected chi connectivity index (χ3v) is 2.28. The minimum atomic E-state index is -0.0426. The lowest BCUT2D eigenvalue weighted by Crippen LogP contribution is -2.56. The van der Waals surface area contributed by atoms with E-state index in [1.54, 1.807) is 4.90 Å². The molecule has 0 radical (unpaired) electrons. The average Bonchev–Trinajstić information content (AvgIpc) is 2.00. The summed E-state index contributed by atoms with van der Waals surface area (Å²) in [5, 5.41) is 11.7. The minimum Gasteiger partial charge on any atom is -0.394 e. The van der Waals surface area contributed by atoms with Crippen LogP contribution in [0.4, 0.5) is 4.79 Å². The fourth-order valence-corrected chi connectivity index (χ4v) is 1.29. The quantitative estimate of drug-likeness (QED) is 0.671. The zero-order valence-electron chi connectivity index (χ0n) is 8.29. The number of nitrogens with zero attached hydrogens (tertiary/aromatic N) is 1. The van der Waals surface area contributed by atoms with Crippen LogP contribution in [0.25, 0.3) is 0 Å². The Bertz CT molecular complexity index is 180. The summed E-state index contributed by atoms with van der Waals surface area (Å²) in [5.41, 5.74) is 0. The number of aliphatic hydroxyl groups excluding tert-OH is 1. The van der Waals surface area contributed by atoms with Gasteiger partial charge in [0.2, 0.25) is 0 Å². The van der Waals surface area contributed by atoms with E-state index < -0.39 is 0 Å². The maximum absolute atomic E-state index is 11.4. The molecule has 0 saturated carbocycles. The molecule has 1 heterocycles. The second kappa shape index (κ2) is 4.46. The van der Waals surface area contributed by atoms with Crippen molar-refractivity contribution in [2.75, 3.05) is 19.7 Å². The Balaban J connectivity index is 2.23. The van der Waals surface area contributed by atoms with Crippen molar-refractivity contribution in [2.24, 2.45) is 5.92 Å². The SMILES string of the molecule is CC(C)CNC(=O)N1CCC1CO. The number of carbonyl (C=O) groups is 1. The normalized spacial score (nSPS) is 21.5. The topological polar surface area (TPSA) is 52.6 Å². The van der Waals surface area contributed by atoms with Gasteiger partial charge in [-0.3, -0.25) is 0 Å². The highest BCUT2D eigenvalue weighted by atomic mass is 16.3. The van der Waals surface area contributed by atoms with E-state index in [9.17, 15) is 4.79 Å². The van der Waals surface area contributed by atoms with Gasteiger partial charge in [-0.1, -0.05) is 13.8 Å². The number of hydrogen-bond acceptors (Lipinski definition) is 2. The summed E-state index contributed by atoms with van der Waals surface area (Å²) in [6, 6.07) is 0.00571. The van der Waals surface area contributed by atoms with E-state index in [0.717, 1.165) is 13.0 Å². The van der Waals surface area contributed by atoms with Crippen molar-refractivity contribution in [2.45, 2.75) is 26.3 Å². The second-order valence-electron chi connectivity index (χ2n) is 3.90. The van der Waals surface area contributed by atoms with Crippen LogP contribution in [-0.4, -0.2) is 41.8 Å². The first-order chi connectivity index (χ1) is 6.15. The molecule has 0 aliphatic carbocycles. The average molecular weight is 186 g/mol. The van der Waals surface area contributed by atoms with Crippen LogP contribution in [0, 0.1) is 5.92 Å². The van der Waals surface area contributed by atoms with E-state index in [0.29, 0.717) is 12.5 Å². The molecule has 1 aliphatic rings. The van der Waals surface area contributed by atoms with Crippen molar-refractivity contribution in [3.05, 3.63) is 0 Å². The lowest BCUT2D eigenvalue weighted by atomic mass is 10.1. The predicted octanol–water partition coefficient (Wildman–Crippen LogP) is 0.419. The molecule has 4 nitrogen and oxygen atoms in total. The Morgan fingerprint density at radius 1 is 1.69 bits per heavy atom. The first kappa shape index (κ1) is 10.3. The molecule has 0 spiro atoms. The highest BCUT2D eigenvalue weighted by molar-refractivity contribution is 5.75. The fourth-order valence-electron chi connectivity index (χ4n) is 1.29. The van der Waals surface area contributed by atoms with Gasteiger partial charge in [0.1, 0.15) is 0 Å². The summed E-state index contributed by atoms with van der Waals surface area (Å²) in [7, 11) is 0. The zero-order chi connectivity index (χ0) is 9.84. The molecule has 1 rings (SSSR count). The number of carbonyl (C=O) groups excluding carboxylic acids is 1. The molecule has 1 atom stereocenters. The summed E-state index contributed by atoms with van der Waals surface area (Å²) >= 11 is 0. The van der Waals surface area contributed by atoms with Gasteiger partial charge in [0, 0.05) is 13.1 Å². The van der Waals surface area contributed by atoms with E-state index in [4.69, 9.17) is 5.11 Å². The number of amides is 2. The molecule has 1 aliphatic heterocycles. The molecule has 0 bridgehead atoms. The molecule has 76 valence electrons. The highest BCUT2D eigenvalue weighted by Crippen LogP contribution is 2.16. The molecule has 0 aromatic carbocycles. The van der Waals surface area contributed by atoms with Gasteiger partial charge in [0.05, 0.1) is 12.6 Å². The van der Waals surface area contributed by atoms with Crippen LogP contribution < -0.4 is 5.32 Å². The predicted molar refractivity (Wildman–Crippen MR) is 50.4 cm³/mol. The van der Waals surface area contributed by atoms with Crippen molar-refractivity contribution in [3.8, 4) is 0 Å². The maximum atomic E-state index is 11.4. The summed E-state index contributed by atoms with van der Waals surface area (Å²) in [6.45, 7) is 5.66. The molecule has 13 heavy (non-hydrogen) atoms. The van der Waals surface area contributed by atoms with E-state index in [2.05, 4.69) is 19.2 Å². The monoisotopic (exact) mass is 186 g/mol. The number of urea groups is 1.